The van der Waals surface area contributed by atoms with Crippen LogP contribution in [0.5, 0.6) is 5.75 Å². The van der Waals surface area contributed by atoms with Crippen LogP contribution in [0.1, 0.15) is 94.0 Å². The molecule has 1 aromatic carbocycles. The number of nitrogens with zero attached hydrogens (tertiary/aromatic N) is 1. The van der Waals surface area contributed by atoms with Gasteiger partial charge in [0.15, 0.2) is 0 Å². The molecule has 4 nitrogen and oxygen atoms in total. The highest BCUT2D eigenvalue weighted by molar-refractivity contribution is 5.90. The summed E-state index contributed by atoms with van der Waals surface area (Å²) in [5, 5.41) is 0. The van der Waals surface area contributed by atoms with E-state index < -0.39 is 29.0 Å². The summed E-state index contributed by atoms with van der Waals surface area (Å²) in [6, 6.07) is 2.85. The van der Waals surface area contributed by atoms with E-state index in [4.69, 9.17) is 9.47 Å². The fourth-order valence-electron chi connectivity index (χ4n) is 5.43. The highest BCUT2D eigenvalue weighted by atomic mass is 19.4. The Hall–Kier alpha value is -1.83. The van der Waals surface area contributed by atoms with E-state index in [1.165, 1.54) is 6.07 Å². The summed E-state index contributed by atoms with van der Waals surface area (Å²) in [4.78, 5) is 14.4. The molecule has 0 atom stereocenters. The van der Waals surface area contributed by atoms with Crippen molar-refractivity contribution >= 4 is 5.97 Å². The molecule has 8 heteroatoms. The number of benzene rings is 1. The van der Waals surface area contributed by atoms with Gasteiger partial charge >= 0.3 is 12.1 Å². The van der Waals surface area contributed by atoms with Gasteiger partial charge in [0.25, 0.3) is 0 Å². The number of esters is 1. The quantitative estimate of drug-likeness (QED) is 0.303. The Kier molecular flexibility index (Phi) is 7.43. The van der Waals surface area contributed by atoms with Gasteiger partial charge in [-0.05, 0) is 95.9 Å². The Morgan fingerprint density at radius 1 is 1.06 bits per heavy atom. The average molecular weight is 500 g/mol. The Morgan fingerprint density at radius 3 is 2.23 bits per heavy atom. The van der Waals surface area contributed by atoms with Crippen LogP contribution in [0.15, 0.2) is 12.1 Å². The second-order valence-corrected chi connectivity index (χ2v) is 11.7. The first-order chi connectivity index (χ1) is 16.4. The third kappa shape index (κ3) is 6.30. The van der Waals surface area contributed by atoms with E-state index in [0.717, 1.165) is 31.2 Å². The van der Waals surface area contributed by atoms with Crippen LogP contribution in [0.4, 0.5) is 17.6 Å². The van der Waals surface area contributed by atoms with Gasteiger partial charge in [0.1, 0.15) is 17.2 Å². The summed E-state index contributed by atoms with van der Waals surface area (Å²) in [6.07, 6.45) is 1.05. The number of hydrogen-bond acceptors (Lipinski definition) is 4. The van der Waals surface area contributed by atoms with Gasteiger partial charge in [-0.1, -0.05) is 12.8 Å². The maximum absolute atomic E-state index is 14.8. The van der Waals surface area contributed by atoms with Crippen LogP contribution in [0.2, 0.25) is 0 Å². The van der Waals surface area contributed by atoms with Gasteiger partial charge in [-0.25, -0.2) is 9.18 Å². The fraction of sp³-hybridized carbons (Fsp3) is 0.741. The number of likely N-dealkylation sites (tertiary alicyclic amines) is 1. The lowest BCUT2D eigenvalue weighted by Crippen LogP contribution is -2.48. The second kappa shape index (κ2) is 9.91. The molecule has 2 saturated carbocycles. The van der Waals surface area contributed by atoms with Crippen molar-refractivity contribution in [3.8, 4) is 5.75 Å². The van der Waals surface area contributed by atoms with Crippen molar-refractivity contribution in [2.45, 2.75) is 89.8 Å². The lowest BCUT2D eigenvalue weighted by Gasteiger charge is -2.40. The largest absolute Gasteiger partial charge is 0.493 e. The lowest BCUT2D eigenvalue weighted by molar-refractivity contribution is -0.228. The Balaban J connectivity index is 1.35. The van der Waals surface area contributed by atoms with E-state index in [-0.39, 0.29) is 36.8 Å². The highest BCUT2D eigenvalue weighted by Crippen LogP contribution is 2.51. The summed E-state index contributed by atoms with van der Waals surface area (Å²) in [6.45, 7) is 6.94. The number of halogens is 4. The van der Waals surface area contributed by atoms with E-state index in [0.29, 0.717) is 38.3 Å². The van der Waals surface area contributed by atoms with Gasteiger partial charge in [0, 0.05) is 12.6 Å². The van der Waals surface area contributed by atoms with Gasteiger partial charge in [-0.2, -0.15) is 13.2 Å². The predicted molar refractivity (Wildman–Crippen MR) is 125 cm³/mol. The van der Waals surface area contributed by atoms with Crippen LogP contribution in [0, 0.1) is 17.2 Å². The van der Waals surface area contributed by atoms with Crippen molar-refractivity contribution in [3.63, 3.8) is 0 Å². The van der Waals surface area contributed by atoms with Crippen LogP contribution in [0.3, 0.4) is 0 Å². The van der Waals surface area contributed by atoms with Crippen molar-refractivity contribution in [2.75, 3.05) is 26.2 Å². The maximum Gasteiger partial charge on any atom is 0.395 e. The molecule has 1 saturated heterocycles. The minimum Gasteiger partial charge on any atom is -0.493 e. The number of hydrogen-bond donors (Lipinski definition) is 0. The molecule has 4 rings (SSSR count). The fourth-order valence-corrected chi connectivity index (χ4v) is 5.43. The third-order valence-electron chi connectivity index (χ3n) is 7.61. The molecular formula is C27H37F4NO3. The predicted octanol–water partition coefficient (Wildman–Crippen LogP) is 6.87. The summed E-state index contributed by atoms with van der Waals surface area (Å²) in [5.41, 5.74) is -1.51. The monoisotopic (exact) mass is 499 g/mol. The van der Waals surface area contributed by atoms with Gasteiger partial charge in [-0.3, -0.25) is 0 Å². The minimum absolute atomic E-state index is 0.0759. The zero-order valence-electron chi connectivity index (χ0n) is 21.0. The van der Waals surface area contributed by atoms with E-state index in [2.05, 4.69) is 0 Å². The van der Waals surface area contributed by atoms with E-state index in [1.807, 2.05) is 4.90 Å². The summed E-state index contributed by atoms with van der Waals surface area (Å²) in [5.74, 6) is -0.435. The Morgan fingerprint density at radius 2 is 1.69 bits per heavy atom. The zero-order valence-corrected chi connectivity index (χ0v) is 21.0. The zero-order chi connectivity index (χ0) is 25.4. The number of carbonyl (C=O) groups is 1. The first-order valence-electron chi connectivity index (χ1n) is 12.9. The summed E-state index contributed by atoms with van der Waals surface area (Å²) < 4.78 is 67.4. The van der Waals surface area contributed by atoms with Crippen LogP contribution in [-0.2, 0) is 4.74 Å². The minimum atomic E-state index is -4.15. The molecule has 0 amide bonds. The molecule has 0 aromatic heterocycles. The SMILES string of the molecule is CC(C)(C)OC(=O)c1cc(C2CC2)c(OCC2CCN(CC3(C(F)(F)F)CCCC3)CC2)cc1F. The smallest absolute Gasteiger partial charge is 0.395 e. The molecular weight excluding hydrogens is 462 g/mol. The van der Waals surface area contributed by atoms with Gasteiger partial charge in [0.2, 0.25) is 0 Å². The Labute approximate surface area is 205 Å². The molecule has 196 valence electrons. The molecule has 2 aliphatic carbocycles. The third-order valence-corrected chi connectivity index (χ3v) is 7.61. The summed E-state index contributed by atoms with van der Waals surface area (Å²) in [7, 11) is 0. The molecule has 1 aliphatic heterocycles. The number of alkyl halides is 3. The average Bonchev–Trinajstić information content (AvgIpc) is 3.48. The first kappa shape index (κ1) is 26.2. The molecule has 0 unspecified atom stereocenters. The van der Waals surface area contributed by atoms with Crippen molar-refractivity contribution in [3.05, 3.63) is 29.1 Å². The molecule has 3 fully saturated rings. The molecule has 3 aliphatic rings. The highest BCUT2D eigenvalue weighted by Gasteiger charge is 2.56. The van der Waals surface area contributed by atoms with Crippen molar-refractivity contribution in [1.82, 2.24) is 4.90 Å². The molecule has 35 heavy (non-hydrogen) atoms. The van der Waals surface area contributed by atoms with Crippen LogP contribution >= 0.6 is 0 Å². The standard InChI is InChI=1S/C27H37F4NO3/c1-25(2,3)35-24(33)21-14-20(19-6-7-19)23(15-22(21)28)34-16-18-8-12-32(13-9-18)17-26(27(29,30)31)10-4-5-11-26/h14-15,18-19H,4-13,16-17H2,1-3H3. The van der Waals surface area contributed by atoms with Gasteiger partial charge < -0.3 is 14.4 Å². The molecule has 0 N–H and O–H groups in total. The molecule has 1 heterocycles. The van der Waals surface area contributed by atoms with Crippen molar-refractivity contribution in [2.24, 2.45) is 11.3 Å². The normalized spacial score (nSPS) is 21.8. The van der Waals surface area contributed by atoms with E-state index in [9.17, 15) is 22.4 Å². The van der Waals surface area contributed by atoms with Crippen LogP contribution in [0.25, 0.3) is 0 Å². The van der Waals surface area contributed by atoms with Crippen LogP contribution < -0.4 is 4.74 Å². The number of carbonyl (C=O) groups excluding carboxylic acids is 1. The first-order valence-corrected chi connectivity index (χ1v) is 12.9. The molecule has 0 bridgehead atoms. The van der Waals surface area contributed by atoms with Gasteiger partial charge in [-0.15, -0.1) is 0 Å². The van der Waals surface area contributed by atoms with E-state index in [1.54, 1.807) is 26.8 Å². The number of ether oxygens (including phenoxy) is 2. The Bertz CT molecular complexity index is 906. The van der Waals surface area contributed by atoms with Gasteiger partial charge in [0.05, 0.1) is 17.6 Å². The summed E-state index contributed by atoms with van der Waals surface area (Å²) >= 11 is 0. The molecule has 0 spiro atoms. The maximum atomic E-state index is 14.8. The van der Waals surface area contributed by atoms with Crippen molar-refractivity contribution in [1.29, 1.82) is 0 Å². The van der Waals surface area contributed by atoms with Crippen molar-refractivity contribution < 1.29 is 31.8 Å². The van der Waals surface area contributed by atoms with Crippen LogP contribution in [-0.4, -0.2) is 48.9 Å². The van der Waals surface area contributed by atoms with E-state index >= 15 is 0 Å². The number of piperidine rings is 1. The lowest BCUT2D eigenvalue weighted by atomic mass is 9.83. The number of rotatable bonds is 7. The molecule has 1 aromatic rings. The molecule has 0 radical (unpaired) electrons. The topological polar surface area (TPSA) is 38.8 Å². The second-order valence-electron chi connectivity index (χ2n) is 11.7.